The predicted octanol–water partition coefficient (Wildman–Crippen LogP) is 1.07. The first-order valence-corrected chi connectivity index (χ1v) is 4.33. The zero-order valence-corrected chi connectivity index (χ0v) is 8.39. The molecule has 5 nitrogen and oxygen atoms in total. The smallest absolute Gasteiger partial charge is 0.276 e. The Morgan fingerprint density at radius 1 is 1.58 bits per heavy atom. The van der Waals surface area contributed by atoms with Gasteiger partial charge in [0.1, 0.15) is 5.69 Å². The van der Waals surface area contributed by atoms with Crippen molar-refractivity contribution in [3.05, 3.63) is 16.1 Å². The predicted molar refractivity (Wildman–Crippen MR) is 49.2 cm³/mol. The van der Waals surface area contributed by atoms with Gasteiger partial charge in [0.2, 0.25) is 3.83 Å². The average Bonchev–Trinajstić information content (AvgIpc) is 2.58. The van der Waals surface area contributed by atoms with Crippen LogP contribution < -0.4 is 0 Å². The van der Waals surface area contributed by atoms with Crippen LogP contribution in [0.15, 0.2) is 16.8 Å². The first-order chi connectivity index (χ1) is 5.77. The Bertz CT molecular complexity index is 394. The highest BCUT2D eigenvalue weighted by molar-refractivity contribution is 14.1. The molecule has 0 fully saturated rings. The van der Waals surface area contributed by atoms with E-state index in [4.69, 9.17) is 4.52 Å². The van der Waals surface area contributed by atoms with Crippen LogP contribution in [-0.4, -0.2) is 19.9 Å². The Balaban J connectivity index is 2.50. The molecule has 0 unspecified atom stereocenters. The summed E-state index contributed by atoms with van der Waals surface area (Å²) in [6.07, 6.45) is 1.69. The molecule has 0 aliphatic rings. The molecule has 0 saturated carbocycles. The van der Waals surface area contributed by atoms with Crippen molar-refractivity contribution in [3.63, 3.8) is 0 Å². The maximum absolute atomic E-state index is 4.96. The Labute approximate surface area is 81.9 Å². The molecule has 62 valence electrons. The van der Waals surface area contributed by atoms with Crippen LogP contribution in [0.25, 0.3) is 11.6 Å². The van der Waals surface area contributed by atoms with Gasteiger partial charge in [-0.3, -0.25) is 4.68 Å². The highest BCUT2D eigenvalue weighted by atomic mass is 127. The van der Waals surface area contributed by atoms with Gasteiger partial charge in [-0.25, -0.2) is 0 Å². The molecule has 2 rings (SSSR count). The summed E-state index contributed by atoms with van der Waals surface area (Å²) in [6, 6.07) is 1.82. The van der Waals surface area contributed by atoms with Gasteiger partial charge in [-0.1, -0.05) is 5.16 Å². The number of nitrogens with zero attached hydrogens (tertiary/aromatic N) is 4. The fourth-order valence-electron chi connectivity index (χ4n) is 0.893. The lowest BCUT2D eigenvalue weighted by Gasteiger charge is -1.92. The first-order valence-electron chi connectivity index (χ1n) is 3.25. The molecule has 2 aromatic heterocycles. The van der Waals surface area contributed by atoms with Gasteiger partial charge in [-0.2, -0.15) is 10.1 Å². The van der Waals surface area contributed by atoms with E-state index in [1.807, 2.05) is 35.7 Å². The van der Waals surface area contributed by atoms with Gasteiger partial charge in [0.25, 0.3) is 5.89 Å². The molecule has 0 amide bonds. The lowest BCUT2D eigenvalue weighted by molar-refractivity contribution is 0.422. The van der Waals surface area contributed by atoms with Crippen LogP contribution in [0.2, 0.25) is 0 Å². The highest BCUT2D eigenvalue weighted by Gasteiger charge is 2.09. The summed E-state index contributed by atoms with van der Waals surface area (Å²) < 4.78 is 7.24. The second-order valence-electron chi connectivity index (χ2n) is 2.21. The van der Waals surface area contributed by atoms with Crippen molar-refractivity contribution in [2.45, 2.75) is 0 Å². The third-order valence-electron chi connectivity index (χ3n) is 1.44. The number of hydrogen-bond donors (Lipinski definition) is 0. The maximum Gasteiger partial charge on any atom is 0.276 e. The maximum atomic E-state index is 4.96. The molecular weight excluding hydrogens is 271 g/mol. The van der Waals surface area contributed by atoms with E-state index in [9.17, 15) is 0 Å². The van der Waals surface area contributed by atoms with Gasteiger partial charge >= 0.3 is 0 Å². The van der Waals surface area contributed by atoms with E-state index in [0.29, 0.717) is 9.72 Å². The van der Waals surface area contributed by atoms with Crippen molar-refractivity contribution in [3.8, 4) is 11.6 Å². The van der Waals surface area contributed by atoms with E-state index < -0.39 is 0 Å². The summed E-state index contributed by atoms with van der Waals surface area (Å²) in [7, 11) is 1.83. The van der Waals surface area contributed by atoms with Crippen LogP contribution in [0.5, 0.6) is 0 Å². The second kappa shape index (κ2) is 2.85. The van der Waals surface area contributed by atoms with Crippen LogP contribution in [0.3, 0.4) is 0 Å². The minimum absolute atomic E-state index is 0.499. The molecule has 0 bridgehead atoms. The van der Waals surface area contributed by atoms with Gasteiger partial charge in [-0.05, 0) is 6.07 Å². The van der Waals surface area contributed by atoms with Crippen molar-refractivity contribution in [1.29, 1.82) is 0 Å². The minimum Gasteiger partial charge on any atom is -0.331 e. The summed E-state index contributed by atoms with van der Waals surface area (Å²) in [5.74, 6) is 0.499. The van der Waals surface area contributed by atoms with Crippen LogP contribution in [0.1, 0.15) is 0 Å². The van der Waals surface area contributed by atoms with Crippen LogP contribution >= 0.6 is 22.6 Å². The minimum atomic E-state index is 0.499. The molecule has 0 atom stereocenters. The Hall–Kier alpha value is -0.920. The number of rotatable bonds is 1. The molecule has 0 spiro atoms. The Kier molecular flexibility index (Phi) is 1.83. The first kappa shape index (κ1) is 7.71. The SMILES string of the molecule is Cn1nccc1-c1nc(I)no1. The lowest BCUT2D eigenvalue weighted by Crippen LogP contribution is -1.92. The molecule has 12 heavy (non-hydrogen) atoms. The van der Waals surface area contributed by atoms with Crippen LogP contribution in [-0.2, 0) is 7.05 Å². The van der Waals surface area contributed by atoms with E-state index in [0.717, 1.165) is 5.69 Å². The summed E-state index contributed by atoms with van der Waals surface area (Å²) in [5, 5.41) is 7.66. The Morgan fingerprint density at radius 3 is 2.92 bits per heavy atom. The van der Waals surface area contributed by atoms with Gasteiger partial charge in [-0.15, -0.1) is 0 Å². The zero-order valence-electron chi connectivity index (χ0n) is 6.23. The molecule has 6 heteroatoms. The van der Waals surface area contributed by atoms with Crippen molar-refractivity contribution in [2.24, 2.45) is 7.05 Å². The van der Waals surface area contributed by atoms with Gasteiger partial charge in [0.15, 0.2) is 0 Å². The van der Waals surface area contributed by atoms with Gasteiger partial charge in [0.05, 0.1) is 0 Å². The molecule has 0 aromatic carbocycles. The molecule has 0 aliphatic heterocycles. The molecule has 2 heterocycles. The Morgan fingerprint density at radius 2 is 2.42 bits per heavy atom. The molecule has 0 N–H and O–H groups in total. The third kappa shape index (κ3) is 1.22. The standard InChI is InChI=1S/C6H5IN4O/c1-11-4(2-3-8-11)5-9-6(7)10-12-5/h2-3H,1H3. The number of halogens is 1. The normalized spacial score (nSPS) is 10.5. The number of hydrogen-bond acceptors (Lipinski definition) is 4. The van der Waals surface area contributed by atoms with E-state index in [1.165, 1.54) is 0 Å². The zero-order chi connectivity index (χ0) is 8.55. The van der Waals surface area contributed by atoms with E-state index in [1.54, 1.807) is 10.9 Å². The summed E-state index contributed by atoms with van der Waals surface area (Å²) >= 11 is 1.99. The summed E-state index contributed by atoms with van der Waals surface area (Å²) in [5.41, 5.74) is 0.824. The topological polar surface area (TPSA) is 56.7 Å². The lowest BCUT2D eigenvalue weighted by atomic mass is 10.4. The molecule has 0 saturated heterocycles. The fraction of sp³-hybridized carbons (Fsp3) is 0.167. The summed E-state index contributed by atoms with van der Waals surface area (Å²) in [4.78, 5) is 4.06. The van der Waals surface area contributed by atoms with Crippen LogP contribution in [0.4, 0.5) is 0 Å². The van der Waals surface area contributed by atoms with Gasteiger partial charge < -0.3 is 4.52 Å². The molecule has 0 aliphatic carbocycles. The summed E-state index contributed by atoms with van der Waals surface area (Å²) in [6.45, 7) is 0. The third-order valence-corrected chi connectivity index (χ3v) is 1.88. The average molecular weight is 276 g/mol. The largest absolute Gasteiger partial charge is 0.331 e. The van der Waals surface area contributed by atoms with Crippen LogP contribution in [0, 0.1) is 3.83 Å². The van der Waals surface area contributed by atoms with Gasteiger partial charge in [0, 0.05) is 35.8 Å². The second-order valence-corrected chi connectivity index (χ2v) is 3.17. The fourth-order valence-corrected chi connectivity index (χ4v) is 1.21. The number of aryl methyl sites for hydroxylation is 1. The monoisotopic (exact) mass is 276 g/mol. The van der Waals surface area contributed by atoms with Crippen molar-refractivity contribution >= 4 is 22.6 Å². The van der Waals surface area contributed by atoms with Crippen molar-refractivity contribution < 1.29 is 4.52 Å². The molecular formula is C6H5IN4O. The highest BCUT2D eigenvalue weighted by Crippen LogP contribution is 2.15. The number of aromatic nitrogens is 4. The van der Waals surface area contributed by atoms with E-state index in [-0.39, 0.29) is 0 Å². The quantitative estimate of drug-likeness (QED) is 0.731. The van der Waals surface area contributed by atoms with E-state index in [2.05, 4.69) is 15.2 Å². The molecule has 2 aromatic rings. The molecule has 0 radical (unpaired) electrons. The van der Waals surface area contributed by atoms with Crippen molar-refractivity contribution in [1.82, 2.24) is 19.9 Å². The van der Waals surface area contributed by atoms with Crippen molar-refractivity contribution in [2.75, 3.05) is 0 Å². The van der Waals surface area contributed by atoms with E-state index >= 15 is 0 Å².